The summed E-state index contributed by atoms with van der Waals surface area (Å²) in [6.07, 6.45) is -1.85. The molecule has 0 aliphatic carbocycles. The molecule has 0 radical (unpaired) electrons. The molecule has 0 unspecified atom stereocenters. The number of pyridine rings is 1. The van der Waals surface area contributed by atoms with Gasteiger partial charge < -0.3 is 15.0 Å². The van der Waals surface area contributed by atoms with E-state index in [1.807, 2.05) is 11.9 Å². The van der Waals surface area contributed by atoms with Crippen molar-refractivity contribution < 1.29 is 22.7 Å². The molecule has 12 heteroatoms. The van der Waals surface area contributed by atoms with Crippen LogP contribution in [-0.2, 0) is 12.7 Å². The molecule has 1 amide bonds. The lowest BCUT2D eigenvalue weighted by atomic mass is 10.0. The second-order valence-electron chi connectivity index (χ2n) is 9.23. The molecule has 5 rings (SSSR count). The van der Waals surface area contributed by atoms with Crippen molar-refractivity contribution in [2.45, 2.75) is 12.7 Å². The Bertz CT molecular complexity index is 1510. The summed E-state index contributed by atoms with van der Waals surface area (Å²) in [4.78, 5) is 29.2. The Kier molecular flexibility index (Phi) is 7.65. The van der Waals surface area contributed by atoms with Crippen LogP contribution in [0, 0.1) is 0 Å². The maximum absolute atomic E-state index is 14.0. The molecule has 8 nitrogen and oxygen atoms in total. The van der Waals surface area contributed by atoms with Gasteiger partial charge in [0.05, 0.1) is 5.56 Å². The first kappa shape index (κ1) is 26.8. The molecule has 0 spiro atoms. The number of halogens is 4. The largest absolute Gasteiger partial charge is 0.439 e. The molecule has 1 aliphatic heterocycles. The predicted octanol–water partition coefficient (Wildman–Crippen LogP) is 5.49. The van der Waals surface area contributed by atoms with Gasteiger partial charge in [-0.1, -0.05) is 17.7 Å². The fourth-order valence-corrected chi connectivity index (χ4v) is 4.52. The molecule has 2 aromatic heterocycles. The SMILES string of the molecule is CN1CCN(Cc2ccc(NC(=O)c3nccc4cc(Oc5cc(Cl)ncn5)ccc34)cc2C(F)(F)F)CC1. The van der Waals surface area contributed by atoms with Crippen LogP contribution in [0.4, 0.5) is 18.9 Å². The van der Waals surface area contributed by atoms with Crippen molar-refractivity contribution in [1.29, 1.82) is 0 Å². The van der Waals surface area contributed by atoms with Crippen molar-refractivity contribution in [3.05, 3.63) is 83.0 Å². The zero-order valence-corrected chi connectivity index (χ0v) is 21.6. The van der Waals surface area contributed by atoms with Gasteiger partial charge in [-0.2, -0.15) is 13.2 Å². The van der Waals surface area contributed by atoms with Gasteiger partial charge in [0.15, 0.2) is 0 Å². The number of carbonyl (C=O) groups is 1. The zero-order chi connectivity index (χ0) is 27.6. The van der Waals surface area contributed by atoms with Gasteiger partial charge >= 0.3 is 6.18 Å². The molecule has 202 valence electrons. The van der Waals surface area contributed by atoms with E-state index in [-0.39, 0.29) is 34.5 Å². The number of aromatic nitrogens is 3. The standard InChI is InChI=1S/C27H24ClF3N6O2/c1-36-8-10-37(11-9-36)15-18-2-3-19(13-22(18)27(29,30)31)35-26(38)25-21-5-4-20(12-17(21)6-7-32-25)39-24-14-23(28)33-16-34-24/h2-7,12-14,16H,8-11,15H2,1H3,(H,35,38). The summed E-state index contributed by atoms with van der Waals surface area (Å²) in [5, 5.41) is 3.95. The van der Waals surface area contributed by atoms with E-state index in [1.165, 1.54) is 30.7 Å². The number of hydrogen-bond acceptors (Lipinski definition) is 7. The Balaban J connectivity index is 1.36. The normalized spacial score (nSPS) is 14.9. The van der Waals surface area contributed by atoms with Gasteiger partial charge in [-0.25, -0.2) is 9.97 Å². The van der Waals surface area contributed by atoms with Crippen LogP contribution in [0.2, 0.25) is 5.15 Å². The lowest BCUT2D eigenvalue weighted by Crippen LogP contribution is -2.44. The minimum Gasteiger partial charge on any atom is -0.439 e. The number of nitrogens with zero attached hydrogens (tertiary/aromatic N) is 5. The van der Waals surface area contributed by atoms with Gasteiger partial charge in [0, 0.05) is 56.1 Å². The van der Waals surface area contributed by atoms with Crippen LogP contribution in [-0.4, -0.2) is 63.9 Å². The summed E-state index contributed by atoms with van der Waals surface area (Å²) in [6, 6.07) is 12.0. The highest BCUT2D eigenvalue weighted by molar-refractivity contribution is 6.29. The monoisotopic (exact) mass is 556 g/mol. The fourth-order valence-electron chi connectivity index (χ4n) is 4.39. The first-order valence-corrected chi connectivity index (χ1v) is 12.5. The van der Waals surface area contributed by atoms with Gasteiger partial charge in [-0.3, -0.25) is 14.7 Å². The van der Waals surface area contributed by atoms with Crippen LogP contribution in [0.15, 0.2) is 61.1 Å². The van der Waals surface area contributed by atoms with Crippen LogP contribution >= 0.6 is 11.6 Å². The van der Waals surface area contributed by atoms with Gasteiger partial charge in [-0.05, 0) is 54.4 Å². The second kappa shape index (κ2) is 11.1. The molecular weight excluding hydrogens is 533 g/mol. The predicted molar refractivity (Wildman–Crippen MR) is 141 cm³/mol. The van der Waals surface area contributed by atoms with Crippen molar-refractivity contribution in [2.75, 3.05) is 38.5 Å². The average molecular weight is 557 g/mol. The molecule has 1 N–H and O–H groups in total. The minimum absolute atomic E-state index is 0.0360. The third kappa shape index (κ3) is 6.44. The van der Waals surface area contributed by atoms with E-state index < -0.39 is 17.6 Å². The summed E-state index contributed by atoms with van der Waals surface area (Å²) >= 11 is 5.87. The number of hydrogen-bond donors (Lipinski definition) is 1. The number of likely N-dealkylation sites (N-methyl/N-ethyl adjacent to an activating group) is 1. The number of amides is 1. The Hall–Kier alpha value is -3.80. The van der Waals surface area contributed by atoms with Crippen LogP contribution in [0.25, 0.3) is 10.8 Å². The van der Waals surface area contributed by atoms with Crippen molar-refractivity contribution in [1.82, 2.24) is 24.8 Å². The third-order valence-electron chi connectivity index (χ3n) is 6.44. The highest BCUT2D eigenvalue weighted by Crippen LogP contribution is 2.35. The summed E-state index contributed by atoms with van der Waals surface area (Å²) < 4.78 is 47.6. The molecule has 1 saturated heterocycles. The lowest BCUT2D eigenvalue weighted by Gasteiger charge is -2.33. The highest BCUT2D eigenvalue weighted by Gasteiger charge is 2.34. The number of anilines is 1. The number of ether oxygens (including phenoxy) is 1. The lowest BCUT2D eigenvalue weighted by molar-refractivity contribution is -0.138. The van der Waals surface area contributed by atoms with E-state index in [2.05, 4.69) is 25.2 Å². The van der Waals surface area contributed by atoms with Crippen molar-refractivity contribution in [3.63, 3.8) is 0 Å². The molecule has 39 heavy (non-hydrogen) atoms. The third-order valence-corrected chi connectivity index (χ3v) is 6.65. The first-order chi connectivity index (χ1) is 18.7. The van der Waals surface area contributed by atoms with E-state index in [0.717, 1.165) is 19.2 Å². The molecule has 0 bridgehead atoms. The number of benzene rings is 2. The molecule has 0 saturated carbocycles. The molecule has 0 atom stereocenters. The van der Waals surface area contributed by atoms with Crippen molar-refractivity contribution >= 4 is 34.0 Å². The fraction of sp³-hybridized carbons (Fsp3) is 0.259. The van der Waals surface area contributed by atoms with Crippen LogP contribution in [0.5, 0.6) is 11.6 Å². The van der Waals surface area contributed by atoms with Gasteiger partial charge in [-0.15, -0.1) is 0 Å². The Morgan fingerprint density at radius 2 is 1.82 bits per heavy atom. The highest BCUT2D eigenvalue weighted by atomic mass is 35.5. The van der Waals surface area contributed by atoms with Gasteiger partial charge in [0.25, 0.3) is 5.91 Å². The molecule has 3 heterocycles. The second-order valence-corrected chi connectivity index (χ2v) is 9.61. The maximum Gasteiger partial charge on any atom is 0.416 e. The van der Waals surface area contributed by atoms with Gasteiger partial charge in [0.1, 0.15) is 22.9 Å². The summed E-state index contributed by atoms with van der Waals surface area (Å²) in [5.41, 5.74) is -0.490. The maximum atomic E-state index is 14.0. The number of carbonyl (C=O) groups excluding carboxylic acids is 1. The minimum atomic E-state index is -4.56. The van der Waals surface area contributed by atoms with Crippen LogP contribution < -0.4 is 10.1 Å². The van der Waals surface area contributed by atoms with Crippen LogP contribution in [0.1, 0.15) is 21.6 Å². The summed E-state index contributed by atoms with van der Waals surface area (Å²) in [7, 11) is 1.99. The van der Waals surface area contributed by atoms with E-state index in [4.69, 9.17) is 16.3 Å². The molecule has 4 aromatic rings. The molecule has 1 fully saturated rings. The topological polar surface area (TPSA) is 83.5 Å². The number of rotatable bonds is 6. The summed E-state index contributed by atoms with van der Waals surface area (Å²) in [5.74, 6) is 0.0651. The summed E-state index contributed by atoms with van der Waals surface area (Å²) in [6.45, 7) is 3.18. The number of piperazine rings is 1. The Morgan fingerprint density at radius 3 is 2.56 bits per heavy atom. The van der Waals surface area contributed by atoms with E-state index in [9.17, 15) is 18.0 Å². The smallest absolute Gasteiger partial charge is 0.416 e. The Morgan fingerprint density at radius 1 is 1.03 bits per heavy atom. The van der Waals surface area contributed by atoms with Gasteiger partial charge in [0.2, 0.25) is 5.88 Å². The van der Waals surface area contributed by atoms with E-state index >= 15 is 0 Å². The average Bonchev–Trinajstić information content (AvgIpc) is 2.90. The van der Waals surface area contributed by atoms with Crippen molar-refractivity contribution in [3.8, 4) is 11.6 Å². The number of alkyl halides is 3. The number of nitrogens with one attached hydrogen (secondary N) is 1. The van der Waals surface area contributed by atoms with E-state index in [0.29, 0.717) is 29.6 Å². The Labute approximate surface area is 227 Å². The molecule has 1 aliphatic rings. The number of fused-ring (bicyclic) bond motifs is 1. The zero-order valence-electron chi connectivity index (χ0n) is 20.9. The first-order valence-electron chi connectivity index (χ1n) is 12.1. The van der Waals surface area contributed by atoms with Crippen LogP contribution in [0.3, 0.4) is 0 Å². The van der Waals surface area contributed by atoms with Crippen molar-refractivity contribution in [2.24, 2.45) is 0 Å². The quantitative estimate of drug-likeness (QED) is 0.314. The van der Waals surface area contributed by atoms with E-state index in [1.54, 1.807) is 24.3 Å². The molecular formula is C27H24ClF3N6O2. The molecule has 2 aromatic carbocycles.